The van der Waals surface area contributed by atoms with Gasteiger partial charge >= 0.3 is 0 Å². The zero-order chi connectivity index (χ0) is 16.1. The van der Waals surface area contributed by atoms with Crippen LogP contribution >= 0.6 is 0 Å². The number of carbonyl (C=O) groups is 2. The Balaban J connectivity index is 1.97. The second-order valence-corrected chi connectivity index (χ2v) is 5.81. The van der Waals surface area contributed by atoms with E-state index >= 15 is 0 Å². The average Bonchev–Trinajstić information content (AvgIpc) is 2.81. The standard InChI is InChI=1S/C16H25N3O3/c1-4-13(5-2)15(20)18-7-6-8-19(10-9-18)16(21)14-11-12(3)22-17-14/h11,13H,4-10H2,1-3H3. The van der Waals surface area contributed by atoms with Gasteiger partial charge in [0.1, 0.15) is 5.76 Å². The topological polar surface area (TPSA) is 66.7 Å². The molecule has 1 aromatic heterocycles. The molecule has 1 aliphatic rings. The zero-order valence-electron chi connectivity index (χ0n) is 13.7. The summed E-state index contributed by atoms with van der Waals surface area (Å²) in [5.74, 6) is 0.828. The maximum Gasteiger partial charge on any atom is 0.276 e. The van der Waals surface area contributed by atoms with Crippen LogP contribution in [0.3, 0.4) is 0 Å². The summed E-state index contributed by atoms with van der Waals surface area (Å²) in [5.41, 5.74) is 0.345. The summed E-state index contributed by atoms with van der Waals surface area (Å²) in [5, 5.41) is 3.78. The smallest absolute Gasteiger partial charge is 0.276 e. The van der Waals surface area contributed by atoms with Crippen LogP contribution in [0.5, 0.6) is 0 Å². The van der Waals surface area contributed by atoms with Crippen molar-refractivity contribution in [1.29, 1.82) is 0 Å². The minimum Gasteiger partial charge on any atom is -0.361 e. The minimum atomic E-state index is -0.117. The van der Waals surface area contributed by atoms with Crippen LogP contribution in [0.15, 0.2) is 10.6 Å². The lowest BCUT2D eigenvalue weighted by Gasteiger charge is -2.25. The SMILES string of the molecule is CCC(CC)C(=O)N1CCCN(C(=O)c2cc(C)on2)CC1. The van der Waals surface area contributed by atoms with Gasteiger partial charge in [0.25, 0.3) is 5.91 Å². The van der Waals surface area contributed by atoms with Gasteiger partial charge in [-0.15, -0.1) is 0 Å². The lowest BCUT2D eigenvalue weighted by molar-refractivity contribution is -0.135. The van der Waals surface area contributed by atoms with Gasteiger partial charge in [-0.3, -0.25) is 9.59 Å². The van der Waals surface area contributed by atoms with E-state index in [1.807, 2.05) is 18.7 Å². The summed E-state index contributed by atoms with van der Waals surface area (Å²) in [6, 6.07) is 1.65. The monoisotopic (exact) mass is 307 g/mol. The van der Waals surface area contributed by atoms with Crippen molar-refractivity contribution in [2.75, 3.05) is 26.2 Å². The fourth-order valence-electron chi connectivity index (χ4n) is 2.87. The second-order valence-electron chi connectivity index (χ2n) is 5.81. The molecule has 1 aliphatic heterocycles. The van der Waals surface area contributed by atoms with Crippen LogP contribution in [0, 0.1) is 12.8 Å². The molecule has 2 rings (SSSR count). The van der Waals surface area contributed by atoms with E-state index < -0.39 is 0 Å². The van der Waals surface area contributed by atoms with Gasteiger partial charge in [-0.05, 0) is 26.2 Å². The summed E-state index contributed by atoms with van der Waals surface area (Å²) in [7, 11) is 0. The van der Waals surface area contributed by atoms with Crippen LogP contribution in [0.1, 0.15) is 49.4 Å². The third-order valence-corrected chi connectivity index (χ3v) is 4.28. The van der Waals surface area contributed by atoms with Gasteiger partial charge in [0.05, 0.1) is 0 Å². The van der Waals surface area contributed by atoms with Crippen molar-refractivity contribution < 1.29 is 14.1 Å². The fraction of sp³-hybridized carbons (Fsp3) is 0.688. The molecule has 0 aliphatic carbocycles. The zero-order valence-corrected chi connectivity index (χ0v) is 13.7. The highest BCUT2D eigenvalue weighted by Gasteiger charge is 2.26. The molecule has 1 saturated heterocycles. The molecule has 2 amide bonds. The number of nitrogens with zero attached hydrogens (tertiary/aromatic N) is 3. The lowest BCUT2D eigenvalue weighted by Crippen LogP contribution is -2.39. The number of aryl methyl sites for hydroxylation is 1. The molecule has 0 aromatic carbocycles. The molecule has 22 heavy (non-hydrogen) atoms. The predicted octanol–water partition coefficient (Wildman–Crippen LogP) is 2.09. The van der Waals surface area contributed by atoms with Crippen molar-refractivity contribution in [3.8, 4) is 0 Å². The highest BCUT2D eigenvalue weighted by molar-refractivity contribution is 5.92. The molecule has 0 radical (unpaired) electrons. The number of carbonyl (C=O) groups excluding carboxylic acids is 2. The van der Waals surface area contributed by atoms with Gasteiger partial charge < -0.3 is 14.3 Å². The Kier molecular flexibility index (Phi) is 5.57. The first-order valence-corrected chi connectivity index (χ1v) is 8.08. The van der Waals surface area contributed by atoms with E-state index in [0.29, 0.717) is 31.1 Å². The van der Waals surface area contributed by atoms with Crippen molar-refractivity contribution in [2.45, 2.75) is 40.0 Å². The van der Waals surface area contributed by atoms with Crippen molar-refractivity contribution >= 4 is 11.8 Å². The van der Waals surface area contributed by atoms with Crippen LogP contribution in [-0.4, -0.2) is 52.9 Å². The molecule has 1 fully saturated rings. The number of amides is 2. The molecule has 0 saturated carbocycles. The molecule has 0 unspecified atom stereocenters. The second kappa shape index (κ2) is 7.42. The highest BCUT2D eigenvalue weighted by Crippen LogP contribution is 2.15. The molecule has 6 nitrogen and oxygen atoms in total. The minimum absolute atomic E-state index is 0.0976. The Morgan fingerprint density at radius 1 is 1.18 bits per heavy atom. The summed E-state index contributed by atoms with van der Waals surface area (Å²) >= 11 is 0. The van der Waals surface area contributed by atoms with E-state index in [1.54, 1.807) is 17.9 Å². The first-order chi connectivity index (χ1) is 10.6. The fourth-order valence-corrected chi connectivity index (χ4v) is 2.87. The number of rotatable bonds is 4. The van der Waals surface area contributed by atoms with Gasteiger partial charge in [0, 0.05) is 38.2 Å². The predicted molar refractivity (Wildman–Crippen MR) is 82.4 cm³/mol. The summed E-state index contributed by atoms with van der Waals surface area (Å²) in [6.07, 6.45) is 2.54. The van der Waals surface area contributed by atoms with Crippen LogP contribution in [0.25, 0.3) is 0 Å². The first kappa shape index (κ1) is 16.5. The Labute approximate surface area is 131 Å². The molecule has 0 spiro atoms. The van der Waals surface area contributed by atoms with Gasteiger partial charge in [-0.1, -0.05) is 19.0 Å². The quantitative estimate of drug-likeness (QED) is 0.854. The maximum atomic E-state index is 12.5. The largest absolute Gasteiger partial charge is 0.361 e. The molecule has 0 bridgehead atoms. The number of aromatic nitrogens is 1. The van der Waals surface area contributed by atoms with Gasteiger partial charge in [-0.25, -0.2) is 0 Å². The van der Waals surface area contributed by atoms with E-state index in [4.69, 9.17) is 4.52 Å². The van der Waals surface area contributed by atoms with Gasteiger partial charge in [0.15, 0.2) is 5.69 Å². The summed E-state index contributed by atoms with van der Waals surface area (Å²) in [4.78, 5) is 28.5. The van der Waals surface area contributed by atoms with Crippen molar-refractivity contribution in [3.63, 3.8) is 0 Å². The molecule has 122 valence electrons. The Bertz CT molecular complexity index is 522. The van der Waals surface area contributed by atoms with Crippen molar-refractivity contribution in [2.24, 2.45) is 5.92 Å². The summed E-state index contributed by atoms with van der Waals surface area (Å²) < 4.78 is 4.97. The van der Waals surface area contributed by atoms with E-state index in [1.165, 1.54) is 0 Å². The van der Waals surface area contributed by atoms with E-state index in [-0.39, 0.29) is 17.7 Å². The molecule has 2 heterocycles. The molecule has 6 heteroatoms. The molecule has 0 N–H and O–H groups in total. The van der Waals surface area contributed by atoms with Gasteiger partial charge in [-0.2, -0.15) is 0 Å². The maximum absolute atomic E-state index is 12.5. The molecular weight excluding hydrogens is 282 g/mol. The Hall–Kier alpha value is -1.85. The van der Waals surface area contributed by atoms with E-state index in [9.17, 15) is 9.59 Å². The van der Waals surface area contributed by atoms with Crippen LogP contribution in [-0.2, 0) is 4.79 Å². The van der Waals surface area contributed by atoms with E-state index in [0.717, 1.165) is 25.8 Å². The van der Waals surface area contributed by atoms with Crippen LogP contribution in [0.2, 0.25) is 0 Å². The van der Waals surface area contributed by atoms with Crippen LogP contribution < -0.4 is 0 Å². The molecular formula is C16H25N3O3. The third kappa shape index (κ3) is 3.67. The van der Waals surface area contributed by atoms with Crippen LogP contribution in [0.4, 0.5) is 0 Å². The van der Waals surface area contributed by atoms with E-state index in [2.05, 4.69) is 5.16 Å². The number of hydrogen-bond acceptors (Lipinski definition) is 4. The first-order valence-electron chi connectivity index (χ1n) is 8.08. The Morgan fingerprint density at radius 3 is 2.41 bits per heavy atom. The average molecular weight is 307 g/mol. The lowest BCUT2D eigenvalue weighted by atomic mass is 10.0. The summed E-state index contributed by atoms with van der Waals surface area (Å²) in [6.45, 7) is 8.38. The van der Waals surface area contributed by atoms with Gasteiger partial charge in [0.2, 0.25) is 5.91 Å². The normalized spacial score (nSPS) is 16.0. The Morgan fingerprint density at radius 2 is 1.82 bits per heavy atom. The molecule has 0 atom stereocenters. The molecule has 1 aromatic rings. The van der Waals surface area contributed by atoms with Crippen molar-refractivity contribution in [3.05, 3.63) is 17.5 Å². The van der Waals surface area contributed by atoms with Crippen molar-refractivity contribution in [1.82, 2.24) is 15.0 Å². The number of hydrogen-bond donors (Lipinski definition) is 0. The highest BCUT2D eigenvalue weighted by atomic mass is 16.5. The third-order valence-electron chi connectivity index (χ3n) is 4.28.